The maximum Gasteiger partial charge on any atom is 0.401 e. The first kappa shape index (κ1) is 21.4. The minimum Gasteiger partial charge on any atom is -0.356 e. The monoisotopic (exact) mass is 410 g/mol. The van der Waals surface area contributed by atoms with Gasteiger partial charge in [-0.25, -0.2) is 4.98 Å². The molecule has 1 aliphatic heterocycles. The maximum atomic E-state index is 12.5. The highest BCUT2D eigenvalue weighted by Crippen LogP contribution is 2.23. The Hall–Kier alpha value is -2.29. The van der Waals surface area contributed by atoms with Crippen LogP contribution in [0.4, 0.5) is 13.2 Å². The van der Waals surface area contributed by atoms with Crippen molar-refractivity contribution >= 4 is 11.6 Å². The molecular weight excluding hydrogens is 381 g/mol. The van der Waals surface area contributed by atoms with Crippen LogP contribution in [0.25, 0.3) is 5.65 Å². The summed E-state index contributed by atoms with van der Waals surface area (Å²) in [6.07, 6.45) is 0.453. The van der Waals surface area contributed by atoms with E-state index in [0.29, 0.717) is 31.5 Å². The van der Waals surface area contributed by atoms with E-state index < -0.39 is 12.7 Å². The topological polar surface area (TPSA) is 57.0 Å². The Morgan fingerprint density at radius 3 is 2.66 bits per heavy atom. The third kappa shape index (κ3) is 6.35. The summed E-state index contributed by atoms with van der Waals surface area (Å²) in [7, 11) is 1.72. The Bertz CT molecular complexity index is 821. The second-order valence-corrected chi connectivity index (χ2v) is 7.60. The highest BCUT2D eigenvalue weighted by atomic mass is 19.4. The number of hydrogen-bond donors (Lipinski definition) is 2. The molecule has 1 aliphatic rings. The van der Waals surface area contributed by atoms with E-state index in [1.165, 1.54) is 4.90 Å². The Kier molecular flexibility index (Phi) is 7.00. The minimum atomic E-state index is -4.10. The molecule has 0 saturated carbocycles. The number of aliphatic imine (C=N–C) groups is 1. The predicted molar refractivity (Wildman–Crippen MR) is 108 cm³/mol. The Balaban J connectivity index is 1.38. The van der Waals surface area contributed by atoms with Crippen molar-refractivity contribution in [3.63, 3.8) is 0 Å². The van der Waals surface area contributed by atoms with Gasteiger partial charge >= 0.3 is 6.18 Å². The van der Waals surface area contributed by atoms with Crippen LogP contribution in [0.3, 0.4) is 0 Å². The standard InChI is InChI=1S/C20H29F3N6/c1-15-4-3-5-18-27-17(13-29(15)18)12-26-19(24-2)25-9-6-16-7-10-28(11-8-16)14-20(21,22)23/h3-5,13,16H,6-12,14H2,1-2H3,(H2,24,25,26). The van der Waals surface area contributed by atoms with Gasteiger partial charge in [0.1, 0.15) is 5.65 Å². The molecule has 9 heteroatoms. The minimum absolute atomic E-state index is 0.450. The maximum absolute atomic E-state index is 12.5. The number of alkyl halides is 3. The average molecular weight is 410 g/mol. The van der Waals surface area contributed by atoms with Crippen LogP contribution >= 0.6 is 0 Å². The third-order valence-corrected chi connectivity index (χ3v) is 5.36. The highest BCUT2D eigenvalue weighted by Gasteiger charge is 2.32. The van der Waals surface area contributed by atoms with Crippen molar-refractivity contribution < 1.29 is 13.2 Å². The van der Waals surface area contributed by atoms with Gasteiger partial charge in [0, 0.05) is 25.5 Å². The molecular formula is C20H29F3N6. The molecule has 2 aromatic heterocycles. The lowest BCUT2D eigenvalue weighted by Crippen LogP contribution is -2.41. The first-order valence-corrected chi connectivity index (χ1v) is 10.0. The van der Waals surface area contributed by atoms with Crippen LogP contribution in [0.5, 0.6) is 0 Å². The second-order valence-electron chi connectivity index (χ2n) is 7.60. The summed E-state index contributed by atoms with van der Waals surface area (Å²) in [6, 6.07) is 6.01. The van der Waals surface area contributed by atoms with Crippen molar-refractivity contribution in [3.05, 3.63) is 35.8 Å². The number of rotatable bonds is 6. The molecule has 0 aromatic carbocycles. The largest absolute Gasteiger partial charge is 0.401 e. The number of nitrogens with one attached hydrogen (secondary N) is 2. The van der Waals surface area contributed by atoms with E-state index in [0.717, 1.165) is 42.8 Å². The van der Waals surface area contributed by atoms with Crippen molar-refractivity contribution in [2.75, 3.05) is 33.2 Å². The number of likely N-dealkylation sites (tertiary alicyclic amines) is 1. The number of guanidine groups is 1. The number of imidazole rings is 1. The van der Waals surface area contributed by atoms with Crippen LogP contribution in [-0.2, 0) is 6.54 Å². The van der Waals surface area contributed by atoms with Crippen molar-refractivity contribution in [1.82, 2.24) is 24.9 Å². The Morgan fingerprint density at radius 1 is 1.24 bits per heavy atom. The van der Waals surface area contributed by atoms with Gasteiger partial charge < -0.3 is 15.0 Å². The number of nitrogens with zero attached hydrogens (tertiary/aromatic N) is 4. The lowest BCUT2D eigenvalue weighted by molar-refractivity contribution is -0.148. The van der Waals surface area contributed by atoms with Gasteiger partial charge in [-0.1, -0.05) is 6.07 Å². The summed E-state index contributed by atoms with van der Waals surface area (Å²) in [5, 5.41) is 6.56. The van der Waals surface area contributed by atoms with Crippen LogP contribution in [-0.4, -0.2) is 59.6 Å². The molecule has 3 heterocycles. The molecule has 0 atom stereocenters. The van der Waals surface area contributed by atoms with E-state index in [9.17, 15) is 13.2 Å². The fraction of sp³-hybridized carbons (Fsp3) is 0.600. The number of pyridine rings is 1. The van der Waals surface area contributed by atoms with E-state index in [4.69, 9.17) is 0 Å². The Labute approximate surface area is 169 Å². The van der Waals surface area contributed by atoms with Crippen LogP contribution in [0.15, 0.2) is 29.4 Å². The van der Waals surface area contributed by atoms with Crippen LogP contribution in [0.2, 0.25) is 0 Å². The van der Waals surface area contributed by atoms with Crippen LogP contribution < -0.4 is 10.6 Å². The summed E-state index contributed by atoms with van der Waals surface area (Å²) in [4.78, 5) is 10.3. The quantitative estimate of drug-likeness (QED) is 0.568. The first-order chi connectivity index (χ1) is 13.8. The number of piperidine rings is 1. The molecule has 0 amide bonds. The van der Waals surface area contributed by atoms with Crippen molar-refractivity contribution in [3.8, 4) is 0 Å². The number of aryl methyl sites for hydroxylation is 1. The van der Waals surface area contributed by atoms with Crippen molar-refractivity contribution in [1.29, 1.82) is 0 Å². The molecule has 2 N–H and O–H groups in total. The summed E-state index contributed by atoms with van der Waals surface area (Å²) in [5.74, 6) is 1.15. The predicted octanol–water partition coefficient (Wildman–Crippen LogP) is 2.97. The summed E-state index contributed by atoms with van der Waals surface area (Å²) < 4.78 is 39.5. The summed E-state index contributed by atoms with van der Waals surface area (Å²) in [5.41, 5.74) is 2.98. The zero-order valence-corrected chi connectivity index (χ0v) is 17.0. The third-order valence-electron chi connectivity index (χ3n) is 5.36. The van der Waals surface area contributed by atoms with Crippen molar-refractivity contribution in [2.24, 2.45) is 10.9 Å². The van der Waals surface area contributed by atoms with E-state index in [2.05, 4.69) is 25.0 Å². The molecule has 0 bridgehead atoms. The number of fused-ring (bicyclic) bond motifs is 1. The van der Waals surface area contributed by atoms with Crippen molar-refractivity contribution in [2.45, 2.75) is 38.9 Å². The molecule has 0 radical (unpaired) electrons. The highest BCUT2D eigenvalue weighted by molar-refractivity contribution is 5.79. The fourth-order valence-electron chi connectivity index (χ4n) is 3.76. The van der Waals surface area contributed by atoms with Gasteiger partial charge in [0.15, 0.2) is 5.96 Å². The first-order valence-electron chi connectivity index (χ1n) is 10.0. The molecule has 1 saturated heterocycles. The van der Waals surface area contributed by atoms with Gasteiger partial charge in [-0.3, -0.25) is 9.89 Å². The van der Waals surface area contributed by atoms with Crippen LogP contribution in [0, 0.1) is 12.8 Å². The SMILES string of the molecule is CN=C(NCCC1CCN(CC(F)(F)F)CC1)NCc1cn2c(C)cccc2n1. The van der Waals surface area contributed by atoms with E-state index >= 15 is 0 Å². The molecule has 2 aromatic rings. The molecule has 3 rings (SSSR count). The number of halogens is 3. The molecule has 160 valence electrons. The van der Waals surface area contributed by atoms with Gasteiger partial charge in [0.25, 0.3) is 0 Å². The smallest absolute Gasteiger partial charge is 0.356 e. The normalized spacial score (nSPS) is 17.1. The number of aromatic nitrogens is 2. The average Bonchev–Trinajstić information content (AvgIpc) is 3.09. The van der Waals surface area contributed by atoms with Crippen LogP contribution in [0.1, 0.15) is 30.7 Å². The second kappa shape index (κ2) is 9.47. The van der Waals surface area contributed by atoms with E-state index in [-0.39, 0.29) is 0 Å². The zero-order valence-electron chi connectivity index (χ0n) is 17.0. The van der Waals surface area contributed by atoms with Gasteiger partial charge in [-0.2, -0.15) is 13.2 Å². The van der Waals surface area contributed by atoms with Gasteiger partial charge in [-0.15, -0.1) is 0 Å². The van der Waals surface area contributed by atoms with Gasteiger partial charge in [-0.05, 0) is 57.3 Å². The molecule has 29 heavy (non-hydrogen) atoms. The number of hydrogen-bond acceptors (Lipinski definition) is 3. The molecule has 0 unspecified atom stereocenters. The fourth-order valence-corrected chi connectivity index (χ4v) is 3.76. The molecule has 6 nitrogen and oxygen atoms in total. The summed E-state index contributed by atoms with van der Waals surface area (Å²) >= 11 is 0. The molecule has 1 fully saturated rings. The molecule has 0 aliphatic carbocycles. The zero-order chi connectivity index (χ0) is 20.9. The lowest BCUT2D eigenvalue weighted by Gasteiger charge is -2.32. The van der Waals surface area contributed by atoms with Gasteiger partial charge in [0.2, 0.25) is 0 Å². The van der Waals surface area contributed by atoms with E-state index in [1.807, 2.05) is 31.3 Å². The van der Waals surface area contributed by atoms with Gasteiger partial charge in [0.05, 0.1) is 18.8 Å². The Morgan fingerprint density at radius 2 is 2.00 bits per heavy atom. The summed E-state index contributed by atoms with van der Waals surface area (Å²) in [6.45, 7) is 3.59. The molecule has 0 spiro atoms. The lowest BCUT2D eigenvalue weighted by atomic mass is 9.93. The van der Waals surface area contributed by atoms with E-state index in [1.54, 1.807) is 7.05 Å².